The Labute approximate surface area is 153 Å². The van der Waals surface area contributed by atoms with Gasteiger partial charge in [0.25, 0.3) is 0 Å². The van der Waals surface area contributed by atoms with Crippen LogP contribution in [0.5, 0.6) is 0 Å². The van der Waals surface area contributed by atoms with E-state index >= 15 is 0 Å². The molecule has 3 rings (SSSR count). The van der Waals surface area contributed by atoms with E-state index in [0.29, 0.717) is 5.82 Å². The van der Waals surface area contributed by atoms with Gasteiger partial charge in [-0.05, 0) is 62.8 Å². The van der Waals surface area contributed by atoms with Crippen LogP contribution in [0.4, 0.5) is 0 Å². The SMILES string of the molecule is C=N/C(=C\c1cc(-c2cn(C)nn2)ccc1C)NC(=O)C1CCNCC1. The Bertz CT molecular complexity index is 832. The molecule has 7 nitrogen and oxygen atoms in total. The van der Waals surface area contributed by atoms with E-state index in [1.165, 1.54) is 0 Å². The Hall–Kier alpha value is -2.80. The fraction of sp³-hybridized carbons (Fsp3) is 0.368. The van der Waals surface area contributed by atoms with Gasteiger partial charge in [-0.25, -0.2) is 4.99 Å². The normalized spacial score (nSPS) is 15.7. The van der Waals surface area contributed by atoms with Crippen LogP contribution in [0, 0.1) is 12.8 Å². The van der Waals surface area contributed by atoms with Crippen molar-refractivity contribution in [1.29, 1.82) is 0 Å². The third-order valence-corrected chi connectivity index (χ3v) is 4.60. The maximum atomic E-state index is 12.4. The molecule has 1 aliphatic rings. The fourth-order valence-corrected chi connectivity index (χ4v) is 3.02. The standard InChI is InChI=1S/C19H24N6O/c1-13-4-5-15(17-12-25(3)24-23-17)10-16(13)11-18(20-2)22-19(26)14-6-8-21-9-7-14/h4-5,10-12,14,21H,2,6-9H2,1,3H3,(H,22,26)/b18-11+. The minimum Gasteiger partial charge on any atom is -0.317 e. The highest BCUT2D eigenvalue weighted by Crippen LogP contribution is 2.22. The number of aromatic nitrogens is 3. The number of rotatable bonds is 5. The second-order valence-corrected chi connectivity index (χ2v) is 6.55. The average Bonchev–Trinajstić information content (AvgIpc) is 3.09. The molecule has 0 saturated carbocycles. The number of aryl methyl sites for hydroxylation is 2. The summed E-state index contributed by atoms with van der Waals surface area (Å²) in [5.74, 6) is 0.495. The van der Waals surface area contributed by atoms with Gasteiger partial charge in [0.15, 0.2) is 0 Å². The Kier molecular flexibility index (Phi) is 5.58. The molecule has 2 heterocycles. The smallest absolute Gasteiger partial charge is 0.228 e. The molecule has 7 heteroatoms. The molecule has 1 saturated heterocycles. The summed E-state index contributed by atoms with van der Waals surface area (Å²) in [6, 6.07) is 6.04. The lowest BCUT2D eigenvalue weighted by Gasteiger charge is -2.21. The third-order valence-electron chi connectivity index (χ3n) is 4.60. The van der Waals surface area contributed by atoms with Crippen LogP contribution >= 0.6 is 0 Å². The van der Waals surface area contributed by atoms with Crippen molar-refractivity contribution in [3.8, 4) is 11.3 Å². The van der Waals surface area contributed by atoms with Crippen molar-refractivity contribution < 1.29 is 4.79 Å². The van der Waals surface area contributed by atoms with Crippen molar-refractivity contribution >= 4 is 18.7 Å². The molecule has 0 atom stereocenters. The number of piperidine rings is 1. The zero-order valence-electron chi connectivity index (χ0n) is 15.2. The molecule has 1 amide bonds. The van der Waals surface area contributed by atoms with E-state index in [-0.39, 0.29) is 11.8 Å². The van der Waals surface area contributed by atoms with E-state index in [1.807, 2.05) is 44.4 Å². The maximum Gasteiger partial charge on any atom is 0.228 e. The predicted octanol–water partition coefficient (Wildman–Crippen LogP) is 1.91. The van der Waals surface area contributed by atoms with Crippen molar-refractivity contribution in [2.45, 2.75) is 19.8 Å². The van der Waals surface area contributed by atoms with Crippen LogP contribution in [0.3, 0.4) is 0 Å². The molecule has 1 aliphatic heterocycles. The summed E-state index contributed by atoms with van der Waals surface area (Å²) < 4.78 is 1.67. The zero-order chi connectivity index (χ0) is 18.5. The van der Waals surface area contributed by atoms with E-state index in [2.05, 4.69) is 32.7 Å². The fourth-order valence-electron chi connectivity index (χ4n) is 3.02. The molecule has 1 aromatic heterocycles. The van der Waals surface area contributed by atoms with Crippen LogP contribution in [0.15, 0.2) is 35.2 Å². The Morgan fingerprint density at radius 2 is 2.19 bits per heavy atom. The Morgan fingerprint density at radius 3 is 2.85 bits per heavy atom. The molecular formula is C19H24N6O. The number of carbonyl (C=O) groups excluding carboxylic acids is 1. The number of hydrogen-bond acceptors (Lipinski definition) is 5. The highest BCUT2D eigenvalue weighted by atomic mass is 16.2. The van der Waals surface area contributed by atoms with E-state index in [9.17, 15) is 4.79 Å². The molecule has 136 valence electrons. The summed E-state index contributed by atoms with van der Waals surface area (Å²) in [7, 11) is 1.83. The first-order valence-corrected chi connectivity index (χ1v) is 8.74. The van der Waals surface area contributed by atoms with Gasteiger partial charge in [-0.1, -0.05) is 17.3 Å². The minimum absolute atomic E-state index is 0.00730. The first-order chi connectivity index (χ1) is 12.6. The molecule has 1 fully saturated rings. The van der Waals surface area contributed by atoms with Gasteiger partial charge in [0.05, 0.1) is 6.20 Å². The molecule has 0 aliphatic carbocycles. The highest BCUT2D eigenvalue weighted by molar-refractivity contribution is 5.82. The average molecular weight is 352 g/mol. The Morgan fingerprint density at radius 1 is 1.42 bits per heavy atom. The lowest BCUT2D eigenvalue weighted by atomic mass is 9.97. The van der Waals surface area contributed by atoms with E-state index in [1.54, 1.807) is 4.68 Å². The number of nitrogens with one attached hydrogen (secondary N) is 2. The van der Waals surface area contributed by atoms with Crippen molar-refractivity contribution in [1.82, 2.24) is 25.6 Å². The van der Waals surface area contributed by atoms with Crippen LogP contribution in [0.25, 0.3) is 17.3 Å². The van der Waals surface area contributed by atoms with Gasteiger partial charge in [0.2, 0.25) is 5.91 Å². The molecule has 0 radical (unpaired) electrons. The molecule has 26 heavy (non-hydrogen) atoms. The quantitative estimate of drug-likeness (QED) is 0.805. The molecular weight excluding hydrogens is 328 g/mol. The summed E-state index contributed by atoms with van der Waals surface area (Å²) in [5, 5.41) is 14.3. The zero-order valence-corrected chi connectivity index (χ0v) is 15.2. The Balaban J connectivity index is 1.81. The van der Waals surface area contributed by atoms with E-state index < -0.39 is 0 Å². The molecule has 1 aromatic carbocycles. The lowest BCUT2D eigenvalue weighted by Crippen LogP contribution is -2.37. The topological polar surface area (TPSA) is 84.2 Å². The van der Waals surface area contributed by atoms with Gasteiger partial charge in [-0.3, -0.25) is 9.48 Å². The van der Waals surface area contributed by atoms with Crippen LogP contribution in [-0.2, 0) is 11.8 Å². The minimum atomic E-state index is 0.00730. The first kappa shape index (κ1) is 18.0. The predicted molar refractivity (Wildman–Crippen MR) is 102 cm³/mol. The van der Waals surface area contributed by atoms with E-state index in [0.717, 1.165) is 48.3 Å². The number of amides is 1. The largest absolute Gasteiger partial charge is 0.317 e. The van der Waals surface area contributed by atoms with Crippen LogP contribution < -0.4 is 10.6 Å². The van der Waals surface area contributed by atoms with Gasteiger partial charge in [0, 0.05) is 18.5 Å². The second kappa shape index (κ2) is 8.05. The van der Waals surface area contributed by atoms with Gasteiger partial charge in [0.1, 0.15) is 11.5 Å². The van der Waals surface area contributed by atoms with E-state index in [4.69, 9.17) is 0 Å². The van der Waals surface area contributed by atoms with Gasteiger partial charge in [-0.15, -0.1) is 5.10 Å². The van der Waals surface area contributed by atoms with Crippen LogP contribution in [-0.4, -0.2) is 40.7 Å². The first-order valence-electron chi connectivity index (χ1n) is 8.74. The van der Waals surface area contributed by atoms with Crippen LogP contribution in [0.2, 0.25) is 0 Å². The number of aliphatic imine (C=N–C) groups is 1. The second-order valence-electron chi connectivity index (χ2n) is 6.55. The summed E-state index contributed by atoms with van der Waals surface area (Å²) in [6.07, 6.45) is 5.40. The van der Waals surface area contributed by atoms with Crippen molar-refractivity contribution in [3.63, 3.8) is 0 Å². The molecule has 0 spiro atoms. The summed E-state index contributed by atoms with van der Waals surface area (Å²) in [6.45, 7) is 7.36. The molecule has 0 unspecified atom stereocenters. The summed E-state index contributed by atoms with van der Waals surface area (Å²) in [5.41, 5.74) is 3.80. The van der Waals surface area contributed by atoms with Gasteiger partial charge in [-0.2, -0.15) is 0 Å². The number of nitrogens with zero attached hydrogens (tertiary/aromatic N) is 4. The summed E-state index contributed by atoms with van der Waals surface area (Å²) >= 11 is 0. The molecule has 2 N–H and O–H groups in total. The third kappa shape index (κ3) is 4.23. The number of hydrogen-bond donors (Lipinski definition) is 2. The lowest BCUT2D eigenvalue weighted by molar-refractivity contribution is -0.125. The van der Waals surface area contributed by atoms with Gasteiger partial charge >= 0.3 is 0 Å². The van der Waals surface area contributed by atoms with Crippen molar-refractivity contribution in [2.24, 2.45) is 18.0 Å². The van der Waals surface area contributed by atoms with Gasteiger partial charge < -0.3 is 10.6 Å². The van der Waals surface area contributed by atoms with Crippen LogP contribution in [0.1, 0.15) is 24.0 Å². The maximum absolute atomic E-state index is 12.4. The number of benzene rings is 1. The van der Waals surface area contributed by atoms with Crippen molar-refractivity contribution in [3.05, 3.63) is 41.3 Å². The molecule has 0 bridgehead atoms. The molecule has 2 aromatic rings. The van der Waals surface area contributed by atoms with Crippen molar-refractivity contribution in [2.75, 3.05) is 13.1 Å². The monoisotopic (exact) mass is 352 g/mol. The summed E-state index contributed by atoms with van der Waals surface area (Å²) in [4.78, 5) is 16.4. The highest BCUT2D eigenvalue weighted by Gasteiger charge is 2.21. The number of carbonyl (C=O) groups is 1.